The summed E-state index contributed by atoms with van der Waals surface area (Å²) >= 11 is 5.30. The van der Waals surface area contributed by atoms with Crippen LogP contribution in [0.25, 0.3) is 0 Å². The van der Waals surface area contributed by atoms with Crippen LogP contribution in [-0.4, -0.2) is 24.5 Å². The molecular weight excluding hydrogens is 479 g/mol. The van der Waals surface area contributed by atoms with E-state index in [1.165, 1.54) is 25.8 Å². The molecule has 0 aromatic rings. The van der Waals surface area contributed by atoms with Gasteiger partial charge in [-0.15, -0.1) is 0 Å². The van der Waals surface area contributed by atoms with Crippen molar-refractivity contribution in [1.82, 2.24) is 4.90 Å². The first-order valence-corrected chi connectivity index (χ1v) is 16.4. The van der Waals surface area contributed by atoms with Crippen LogP contribution in [-0.2, 0) is 0 Å². The van der Waals surface area contributed by atoms with Crippen molar-refractivity contribution in [1.29, 1.82) is 0 Å². The monoisotopic (exact) mass is 494 g/mol. The summed E-state index contributed by atoms with van der Waals surface area (Å²) in [5.41, 5.74) is 0. The van der Waals surface area contributed by atoms with E-state index in [0.29, 0.717) is 13.3 Å². The first kappa shape index (κ1) is 13.2. The molecule has 0 N–H and O–H groups in total. The number of piperidine rings is 1. The van der Waals surface area contributed by atoms with Crippen molar-refractivity contribution in [2.75, 3.05) is 13.6 Å². The summed E-state index contributed by atoms with van der Waals surface area (Å²) < 4.78 is 0. The molecule has 0 aliphatic carbocycles. The third-order valence-corrected chi connectivity index (χ3v) is 2.14. The van der Waals surface area contributed by atoms with Crippen LogP contribution >= 0.6 is 37.2 Å². The number of hydrogen-bond donors (Lipinski definition) is 0. The number of likely N-dealkylation sites (tertiary alicyclic amines) is 1. The zero-order chi connectivity index (χ0) is 8.69. The standard InChI is InChI=1S/C7H15N.I3/c1-7-5-3-4-6-8(7)2;1-3-2/h7H,3-6H2,1-2H3;/q;-1. The normalized spacial score (nSPS) is 26.0. The van der Waals surface area contributed by atoms with Crippen LogP contribution in [0.4, 0.5) is 0 Å². The van der Waals surface area contributed by atoms with Gasteiger partial charge in [-0.05, 0) is 33.4 Å². The fourth-order valence-electron chi connectivity index (χ4n) is 1.24. The molecule has 11 heavy (non-hydrogen) atoms. The van der Waals surface area contributed by atoms with E-state index in [2.05, 4.69) is 56.1 Å². The zero-order valence-electron chi connectivity index (χ0n) is 6.99. The molecule has 0 aromatic heterocycles. The van der Waals surface area contributed by atoms with Gasteiger partial charge >= 0.3 is 50.5 Å². The summed E-state index contributed by atoms with van der Waals surface area (Å²) in [6.07, 6.45) is 4.24. The summed E-state index contributed by atoms with van der Waals surface area (Å²) in [6, 6.07) is 0.837. The van der Waals surface area contributed by atoms with Gasteiger partial charge in [0.15, 0.2) is 0 Å². The van der Waals surface area contributed by atoms with E-state index >= 15 is 0 Å². The third-order valence-electron chi connectivity index (χ3n) is 2.14. The average molecular weight is 494 g/mol. The maximum atomic E-state index is 2.43. The quantitative estimate of drug-likeness (QED) is 0.438. The molecule has 0 aromatic carbocycles. The van der Waals surface area contributed by atoms with Gasteiger partial charge in [0.05, 0.1) is 0 Å². The summed E-state index contributed by atoms with van der Waals surface area (Å²) in [4.78, 5) is 2.43. The minimum absolute atomic E-state index is 0.530. The van der Waals surface area contributed by atoms with Crippen LogP contribution in [0.1, 0.15) is 26.2 Å². The fraction of sp³-hybridized carbons (Fsp3) is 1.00. The Kier molecular flexibility index (Phi) is 10.4. The molecule has 1 aliphatic rings. The van der Waals surface area contributed by atoms with Crippen molar-refractivity contribution in [3.63, 3.8) is 0 Å². The van der Waals surface area contributed by atoms with Crippen LogP contribution in [0.2, 0.25) is 0 Å². The Balaban J connectivity index is 0.000000292. The second kappa shape index (κ2) is 8.74. The molecule has 70 valence electrons. The van der Waals surface area contributed by atoms with Gasteiger partial charge in [0, 0.05) is 6.04 Å². The molecule has 1 unspecified atom stereocenters. The Labute approximate surface area is 99.7 Å². The van der Waals surface area contributed by atoms with E-state index in [0.717, 1.165) is 6.04 Å². The molecule has 1 aliphatic heterocycles. The molecule has 0 radical (unpaired) electrons. The predicted octanol–water partition coefficient (Wildman–Crippen LogP) is 0.266. The van der Waals surface area contributed by atoms with Crippen molar-refractivity contribution >= 4 is 37.2 Å². The minimum atomic E-state index is 0.530. The zero-order valence-corrected chi connectivity index (χ0v) is 13.5. The molecule has 4 heteroatoms. The molecule has 0 spiro atoms. The molecule has 1 nitrogen and oxygen atoms in total. The first-order valence-electron chi connectivity index (χ1n) is 3.79. The van der Waals surface area contributed by atoms with E-state index in [1.54, 1.807) is 0 Å². The Hall–Kier alpha value is 2.15. The van der Waals surface area contributed by atoms with Crippen molar-refractivity contribution in [2.45, 2.75) is 32.2 Å². The van der Waals surface area contributed by atoms with Gasteiger partial charge in [0.1, 0.15) is 0 Å². The number of halogens is 3. The Morgan fingerprint density at radius 3 is 2.18 bits per heavy atom. The molecule has 1 fully saturated rings. The SMILES string of the molecule is CC1CCCCN1C.I[I-]I. The number of rotatable bonds is 0. The Bertz CT molecular complexity index is 79.8. The fourth-order valence-corrected chi connectivity index (χ4v) is 1.24. The van der Waals surface area contributed by atoms with Gasteiger partial charge in [-0.25, -0.2) is 0 Å². The second-order valence-electron chi connectivity index (χ2n) is 2.88. The van der Waals surface area contributed by atoms with Crippen molar-refractivity contribution in [2.24, 2.45) is 0 Å². The molecular formula is C7H15I3N-. The van der Waals surface area contributed by atoms with Gasteiger partial charge < -0.3 is 4.90 Å². The molecule has 1 saturated heterocycles. The van der Waals surface area contributed by atoms with E-state index in [-0.39, 0.29) is 0 Å². The van der Waals surface area contributed by atoms with E-state index in [1.807, 2.05) is 0 Å². The molecule has 1 atom stereocenters. The van der Waals surface area contributed by atoms with Crippen LogP contribution in [0.5, 0.6) is 0 Å². The second-order valence-corrected chi connectivity index (χ2v) is 19.1. The van der Waals surface area contributed by atoms with Crippen LogP contribution in [0.15, 0.2) is 0 Å². The van der Waals surface area contributed by atoms with Gasteiger partial charge in [0.2, 0.25) is 0 Å². The van der Waals surface area contributed by atoms with Crippen LogP contribution < -0.4 is 13.3 Å². The van der Waals surface area contributed by atoms with Crippen LogP contribution in [0.3, 0.4) is 0 Å². The Morgan fingerprint density at radius 1 is 1.36 bits per heavy atom. The van der Waals surface area contributed by atoms with Gasteiger partial charge in [-0.1, -0.05) is 6.42 Å². The number of hydrogen-bond acceptors (Lipinski definition) is 1. The first-order chi connectivity index (χ1) is 5.22. The summed E-state index contributed by atoms with van der Waals surface area (Å²) in [7, 11) is 2.21. The van der Waals surface area contributed by atoms with Gasteiger partial charge in [-0.2, -0.15) is 0 Å². The van der Waals surface area contributed by atoms with Gasteiger partial charge in [0.25, 0.3) is 0 Å². The summed E-state index contributed by atoms with van der Waals surface area (Å²) in [5, 5.41) is 0. The Morgan fingerprint density at radius 2 is 1.91 bits per heavy atom. The maximum absolute atomic E-state index is 2.43. The molecule has 1 rings (SSSR count). The van der Waals surface area contributed by atoms with Crippen LogP contribution in [0, 0.1) is 0 Å². The number of nitrogens with zero attached hydrogens (tertiary/aromatic N) is 1. The van der Waals surface area contributed by atoms with E-state index < -0.39 is 0 Å². The summed E-state index contributed by atoms with van der Waals surface area (Å²) in [6.45, 7) is 3.61. The predicted molar refractivity (Wildman–Crippen MR) is 64.0 cm³/mol. The topological polar surface area (TPSA) is 3.24 Å². The molecule has 0 bridgehead atoms. The van der Waals surface area contributed by atoms with Crippen molar-refractivity contribution in [3.05, 3.63) is 0 Å². The van der Waals surface area contributed by atoms with Crippen molar-refractivity contribution < 1.29 is 13.3 Å². The van der Waals surface area contributed by atoms with E-state index in [9.17, 15) is 0 Å². The average Bonchev–Trinajstić information content (AvgIpc) is 1.97. The van der Waals surface area contributed by atoms with Crippen molar-refractivity contribution in [3.8, 4) is 0 Å². The van der Waals surface area contributed by atoms with E-state index in [4.69, 9.17) is 0 Å². The molecule has 1 heterocycles. The molecule has 0 amide bonds. The summed E-state index contributed by atoms with van der Waals surface area (Å²) in [5.74, 6) is 0. The van der Waals surface area contributed by atoms with Gasteiger partial charge in [-0.3, -0.25) is 0 Å². The molecule has 0 saturated carbocycles. The third kappa shape index (κ3) is 7.24.